The summed E-state index contributed by atoms with van der Waals surface area (Å²) in [4.78, 5) is 0. The minimum Gasteiger partial charge on any atom is -0.870 e. The van der Waals surface area contributed by atoms with Gasteiger partial charge in [-0.15, -0.1) is 0 Å². The Morgan fingerprint density at radius 1 is 1.00 bits per heavy atom. The van der Waals surface area contributed by atoms with Gasteiger partial charge in [0.25, 0.3) is 10.1 Å². The second kappa shape index (κ2) is 10.2. The lowest BCUT2D eigenvalue weighted by molar-refractivity contribution is -0.438. The normalized spacial score (nSPS) is 16.0. The fourth-order valence-electron chi connectivity index (χ4n) is 4.22. The monoisotopic (exact) mass is 441 g/mol. The van der Waals surface area contributed by atoms with E-state index in [-0.39, 0.29) is 16.6 Å². The van der Waals surface area contributed by atoms with Crippen LogP contribution in [0.15, 0.2) is 72.9 Å². The van der Waals surface area contributed by atoms with E-state index in [1.54, 1.807) is 0 Å². The third kappa shape index (κ3) is 5.58. The molecule has 2 aromatic carbocycles. The molecule has 166 valence electrons. The highest BCUT2D eigenvalue weighted by Crippen LogP contribution is 2.44. The molecule has 1 aliphatic rings. The van der Waals surface area contributed by atoms with Crippen molar-refractivity contribution in [3.05, 3.63) is 78.4 Å². The standard InChI is InChI=1S/C25H29NO3S.H2O/c1-4-5-6-7-8-15-23-25(2,3)24-21-14-10-9-13-20(21)16-17-22(24)26(23)18-11-12-19-30(27,28)29;/h4-10,13-17H,11-12,18-19H2,1-3H3;1H2. The molecule has 0 saturated carbocycles. The van der Waals surface area contributed by atoms with Gasteiger partial charge >= 0.3 is 0 Å². The van der Waals surface area contributed by atoms with Gasteiger partial charge in [0.2, 0.25) is 5.69 Å². The van der Waals surface area contributed by atoms with Gasteiger partial charge in [-0.3, -0.25) is 4.55 Å². The lowest BCUT2D eigenvalue weighted by atomic mass is 9.79. The number of hydrogen-bond acceptors (Lipinski definition) is 3. The number of fused-ring (bicyclic) bond motifs is 3. The van der Waals surface area contributed by atoms with Crippen LogP contribution in [0.1, 0.15) is 39.2 Å². The van der Waals surface area contributed by atoms with Crippen molar-refractivity contribution in [2.45, 2.75) is 39.0 Å². The number of hydrogen-bond donors (Lipinski definition) is 1. The largest absolute Gasteiger partial charge is 0.870 e. The van der Waals surface area contributed by atoms with E-state index < -0.39 is 10.1 Å². The molecule has 0 atom stereocenters. The van der Waals surface area contributed by atoms with Crippen LogP contribution in [0.4, 0.5) is 5.69 Å². The highest BCUT2D eigenvalue weighted by molar-refractivity contribution is 7.85. The number of unbranched alkanes of at least 4 members (excludes halogenated alkanes) is 1. The zero-order chi connectivity index (χ0) is 21.8. The van der Waals surface area contributed by atoms with E-state index in [1.165, 1.54) is 27.7 Å². The lowest BCUT2D eigenvalue weighted by Gasteiger charge is -2.17. The molecule has 0 aliphatic carbocycles. The van der Waals surface area contributed by atoms with Crippen molar-refractivity contribution in [2.24, 2.45) is 0 Å². The van der Waals surface area contributed by atoms with Crippen LogP contribution in [-0.4, -0.2) is 41.0 Å². The quantitative estimate of drug-likeness (QED) is 0.257. The van der Waals surface area contributed by atoms with Crippen molar-refractivity contribution < 1.29 is 23.0 Å². The van der Waals surface area contributed by atoms with E-state index in [1.807, 2.05) is 31.2 Å². The molecule has 0 unspecified atom stereocenters. The van der Waals surface area contributed by atoms with Crippen LogP contribution in [0, 0.1) is 0 Å². The van der Waals surface area contributed by atoms with E-state index in [4.69, 9.17) is 4.55 Å². The third-order valence-electron chi connectivity index (χ3n) is 5.57. The molecule has 0 radical (unpaired) electrons. The van der Waals surface area contributed by atoms with Gasteiger partial charge in [0, 0.05) is 24.1 Å². The first-order chi connectivity index (χ1) is 14.3. The van der Waals surface area contributed by atoms with Gasteiger partial charge in [-0.05, 0) is 44.0 Å². The molecule has 31 heavy (non-hydrogen) atoms. The number of allylic oxidation sites excluding steroid dienone is 6. The number of rotatable bonds is 8. The number of benzene rings is 2. The van der Waals surface area contributed by atoms with Crippen LogP contribution in [0.25, 0.3) is 10.8 Å². The molecule has 0 spiro atoms. The highest BCUT2D eigenvalue weighted by Gasteiger charge is 2.45. The van der Waals surface area contributed by atoms with E-state index in [2.05, 4.69) is 67.0 Å². The molecule has 5 nitrogen and oxygen atoms in total. The van der Waals surface area contributed by atoms with E-state index in [0.29, 0.717) is 19.4 Å². The van der Waals surface area contributed by atoms with Crippen LogP contribution < -0.4 is 0 Å². The molecule has 1 heterocycles. The maximum atomic E-state index is 11.1. The SMILES string of the molecule is CC=CC=CC=CC1=[N+](CCCCS(=O)(=O)O)c2ccc3ccccc3c2C1(C)C.[OH-]. The molecule has 2 aromatic rings. The average Bonchev–Trinajstić information content (AvgIpc) is 2.91. The van der Waals surface area contributed by atoms with Gasteiger partial charge in [-0.25, -0.2) is 0 Å². The molecule has 0 bridgehead atoms. The Morgan fingerprint density at radius 3 is 2.42 bits per heavy atom. The summed E-state index contributed by atoms with van der Waals surface area (Å²) in [6.07, 6.45) is 13.3. The molecule has 3 rings (SSSR count). The second-order valence-corrected chi connectivity index (χ2v) is 9.68. The molecular formula is C25H31NO4S. The summed E-state index contributed by atoms with van der Waals surface area (Å²) in [5.41, 5.74) is 3.46. The summed E-state index contributed by atoms with van der Waals surface area (Å²) < 4.78 is 33.5. The zero-order valence-electron chi connectivity index (χ0n) is 18.3. The molecule has 0 amide bonds. The zero-order valence-corrected chi connectivity index (χ0v) is 19.1. The first-order valence-corrected chi connectivity index (χ1v) is 11.9. The van der Waals surface area contributed by atoms with Gasteiger partial charge in [-0.2, -0.15) is 13.0 Å². The summed E-state index contributed by atoms with van der Waals surface area (Å²) in [5, 5.41) is 2.46. The predicted molar refractivity (Wildman–Crippen MR) is 127 cm³/mol. The van der Waals surface area contributed by atoms with Gasteiger partial charge in [0.15, 0.2) is 5.71 Å². The second-order valence-electron chi connectivity index (χ2n) is 8.11. The van der Waals surface area contributed by atoms with Crippen LogP contribution in [0.5, 0.6) is 0 Å². The van der Waals surface area contributed by atoms with Crippen LogP contribution in [0.2, 0.25) is 0 Å². The van der Waals surface area contributed by atoms with Gasteiger partial charge in [0.1, 0.15) is 6.54 Å². The molecule has 2 N–H and O–H groups in total. The smallest absolute Gasteiger partial charge is 0.264 e. The first kappa shape index (κ1) is 24.7. The fraction of sp³-hybridized carbons (Fsp3) is 0.320. The maximum absolute atomic E-state index is 11.1. The predicted octanol–water partition coefficient (Wildman–Crippen LogP) is 5.40. The summed E-state index contributed by atoms with van der Waals surface area (Å²) in [6, 6.07) is 12.7. The molecule has 6 heteroatoms. The Balaban J connectivity index is 0.00000341. The minimum atomic E-state index is -3.92. The van der Waals surface area contributed by atoms with Crippen LogP contribution in [-0.2, 0) is 15.5 Å². The Labute approximate surface area is 185 Å². The van der Waals surface area contributed by atoms with Gasteiger partial charge < -0.3 is 5.48 Å². The summed E-state index contributed by atoms with van der Waals surface area (Å²) in [5.74, 6) is -0.202. The summed E-state index contributed by atoms with van der Waals surface area (Å²) in [7, 11) is -3.92. The first-order valence-electron chi connectivity index (χ1n) is 10.3. The van der Waals surface area contributed by atoms with E-state index >= 15 is 0 Å². The molecule has 0 aromatic heterocycles. The van der Waals surface area contributed by atoms with Crippen molar-refractivity contribution in [3.63, 3.8) is 0 Å². The molecule has 0 fully saturated rings. The Morgan fingerprint density at radius 2 is 1.71 bits per heavy atom. The van der Waals surface area contributed by atoms with E-state index in [9.17, 15) is 8.42 Å². The minimum absolute atomic E-state index is 0. The highest BCUT2D eigenvalue weighted by atomic mass is 32.2. The van der Waals surface area contributed by atoms with Crippen molar-refractivity contribution in [1.82, 2.24) is 0 Å². The molecule has 0 saturated heterocycles. The van der Waals surface area contributed by atoms with Gasteiger partial charge in [-0.1, -0.05) is 54.6 Å². The third-order valence-corrected chi connectivity index (χ3v) is 6.37. The van der Waals surface area contributed by atoms with Crippen molar-refractivity contribution in [1.29, 1.82) is 0 Å². The molecular weight excluding hydrogens is 410 g/mol. The maximum Gasteiger partial charge on any atom is 0.264 e. The Kier molecular flexibility index (Phi) is 8.12. The number of nitrogens with zero attached hydrogens (tertiary/aromatic N) is 1. The van der Waals surface area contributed by atoms with Crippen LogP contribution in [0.3, 0.4) is 0 Å². The Hall–Kier alpha value is -2.54. The average molecular weight is 442 g/mol. The lowest BCUT2D eigenvalue weighted by Crippen LogP contribution is -2.28. The van der Waals surface area contributed by atoms with Crippen molar-refractivity contribution in [3.8, 4) is 0 Å². The van der Waals surface area contributed by atoms with Crippen LogP contribution >= 0.6 is 0 Å². The van der Waals surface area contributed by atoms with Crippen molar-refractivity contribution >= 4 is 32.3 Å². The summed E-state index contributed by atoms with van der Waals surface area (Å²) >= 11 is 0. The molecule has 1 aliphatic heterocycles. The summed E-state index contributed by atoms with van der Waals surface area (Å²) in [6.45, 7) is 7.17. The van der Waals surface area contributed by atoms with Gasteiger partial charge in [0.05, 0.1) is 11.2 Å². The fourth-order valence-corrected chi connectivity index (χ4v) is 4.79. The van der Waals surface area contributed by atoms with Crippen molar-refractivity contribution in [2.75, 3.05) is 12.3 Å². The Bertz CT molecular complexity index is 1160. The van der Waals surface area contributed by atoms with E-state index in [0.717, 1.165) is 0 Å². The topological polar surface area (TPSA) is 87.4 Å².